The number of amides is 3. The minimum absolute atomic E-state index is 0.00678. The minimum Gasteiger partial charge on any atom is -0.444 e. The van der Waals surface area contributed by atoms with Crippen LogP contribution < -0.4 is 21.5 Å². The van der Waals surface area contributed by atoms with E-state index in [0.29, 0.717) is 11.4 Å². The third-order valence-electron chi connectivity index (χ3n) is 3.15. The summed E-state index contributed by atoms with van der Waals surface area (Å²) in [5, 5.41) is 13.3. The molecule has 0 fully saturated rings. The smallest absolute Gasteiger partial charge is 0.408 e. The zero-order chi connectivity index (χ0) is 20.7. The number of aromatic nitrogens is 2. The van der Waals surface area contributed by atoms with E-state index in [0.717, 1.165) is 0 Å². The first-order valence-electron chi connectivity index (χ1n) is 8.37. The monoisotopic (exact) mass is 387 g/mol. The van der Waals surface area contributed by atoms with Crippen molar-refractivity contribution in [2.75, 3.05) is 17.2 Å². The first-order chi connectivity index (χ1) is 13.1. The number of anilines is 2. The van der Waals surface area contributed by atoms with Gasteiger partial charge in [0, 0.05) is 6.07 Å². The Labute approximate surface area is 160 Å². The van der Waals surface area contributed by atoms with Crippen LogP contribution in [-0.2, 0) is 9.53 Å². The molecule has 0 radical (unpaired) electrons. The summed E-state index contributed by atoms with van der Waals surface area (Å²) in [5.74, 6) is -1.07. The molecule has 10 heteroatoms. The summed E-state index contributed by atoms with van der Waals surface area (Å²) in [6.07, 6.45) is -0.714. The molecule has 0 saturated heterocycles. The van der Waals surface area contributed by atoms with Crippen molar-refractivity contribution in [2.45, 2.75) is 26.4 Å². The highest BCUT2D eigenvalue weighted by atomic mass is 16.6. The number of nitrogens with one attached hydrogen (secondary N) is 4. The first kappa shape index (κ1) is 20.6. The van der Waals surface area contributed by atoms with Crippen LogP contribution in [0.3, 0.4) is 0 Å². The topological polar surface area (TPSA) is 142 Å². The van der Waals surface area contributed by atoms with Gasteiger partial charge < -0.3 is 20.7 Å². The average molecular weight is 387 g/mol. The van der Waals surface area contributed by atoms with Crippen molar-refractivity contribution in [1.82, 2.24) is 15.5 Å². The number of ether oxygens (including phenoxy) is 1. The lowest BCUT2D eigenvalue weighted by Crippen LogP contribution is -2.37. The number of carbonyl (C=O) groups is 3. The number of nitrogens with zero attached hydrogens (tertiary/aromatic N) is 1. The Hall–Kier alpha value is -3.69. The maximum Gasteiger partial charge on any atom is 0.408 e. The standard InChI is InChI=1S/C18H21N5O5/c1-18(2,3)28-17(27)19-10-15(25)20-11-6-4-5-7-12(11)21-16(26)13-8-9-14(24)23-22-13/h4-9H,10H2,1-3H3,(H,19,27)(H,20,25)(H,21,26)(H,23,24). The third kappa shape index (κ3) is 6.56. The van der Waals surface area contributed by atoms with Crippen LogP contribution in [0.2, 0.25) is 0 Å². The van der Waals surface area contributed by atoms with Crippen molar-refractivity contribution >= 4 is 29.3 Å². The molecular formula is C18H21N5O5. The van der Waals surface area contributed by atoms with Gasteiger partial charge in [0.05, 0.1) is 11.4 Å². The fourth-order valence-corrected chi connectivity index (χ4v) is 2.02. The summed E-state index contributed by atoms with van der Waals surface area (Å²) in [5.41, 5.74) is -0.441. The number of alkyl carbamates (subject to hydrolysis) is 1. The number of aromatic amines is 1. The Morgan fingerprint density at radius 1 is 1.04 bits per heavy atom. The molecule has 0 spiro atoms. The molecule has 0 aliphatic heterocycles. The van der Waals surface area contributed by atoms with Crippen LogP contribution in [0.4, 0.5) is 16.2 Å². The van der Waals surface area contributed by atoms with E-state index in [1.807, 2.05) is 0 Å². The van der Waals surface area contributed by atoms with Crippen LogP contribution in [0.15, 0.2) is 41.2 Å². The second-order valence-corrected chi connectivity index (χ2v) is 6.71. The summed E-state index contributed by atoms with van der Waals surface area (Å²) in [4.78, 5) is 46.9. The van der Waals surface area contributed by atoms with Crippen molar-refractivity contribution in [1.29, 1.82) is 0 Å². The van der Waals surface area contributed by atoms with Crippen LogP contribution >= 0.6 is 0 Å². The largest absolute Gasteiger partial charge is 0.444 e. The minimum atomic E-state index is -0.714. The summed E-state index contributed by atoms with van der Waals surface area (Å²) < 4.78 is 5.05. The van der Waals surface area contributed by atoms with Gasteiger partial charge in [-0.3, -0.25) is 14.4 Å². The number of benzene rings is 1. The van der Waals surface area contributed by atoms with E-state index >= 15 is 0 Å². The Bertz CT molecular complexity index is 912. The number of H-pyrrole nitrogens is 1. The molecule has 10 nitrogen and oxygen atoms in total. The lowest BCUT2D eigenvalue weighted by molar-refractivity contribution is -0.115. The lowest BCUT2D eigenvalue weighted by atomic mass is 10.2. The molecule has 28 heavy (non-hydrogen) atoms. The molecule has 4 N–H and O–H groups in total. The van der Waals surface area contributed by atoms with Gasteiger partial charge in [0.25, 0.3) is 11.5 Å². The van der Waals surface area contributed by atoms with E-state index < -0.39 is 29.1 Å². The van der Waals surface area contributed by atoms with Gasteiger partial charge in [-0.2, -0.15) is 5.10 Å². The van der Waals surface area contributed by atoms with Crippen LogP contribution in [0, 0.1) is 0 Å². The molecule has 0 atom stereocenters. The Kier molecular flexibility index (Phi) is 6.48. The number of rotatable bonds is 5. The molecule has 1 aromatic heterocycles. The van der Waals surface area contributed by atoms with Crippen LogP contribution in [-0.4, -0.2) is 40.3 Å². The summed E-state index contributed by atoms with van der Waals surface area (Å²) >= 11 is 0. The van der Waals surface area contributed by atoms with E-state index in [-0.39, 0.29) is 12.2 Å². The molecule has 0 aliphatic rings. The number of para-hydroxylation sites is 2. The maximum atomic E-state index is 12.2. The molecule has 0 saturated carbocycles. The Morgan fingerprint density at radius 2 is 1.68 bits per heavy atom. The second-order valence-electron chi connectivity index (χ2n) is 6.71. The summed E-state index contributed by atoms with van der Waals surface area (Å²) in [6.45, 7) is 4.83. The van der Waals surface area contributed by atoms with Crippen LogP contribution in [0.1, 0.15) is 31.3 Å². The zero-order valence-corrected chi connectivity index (χ0v) is 15.7. The van der Waals surface area contributed by atoms with E-state index in [1.54, 1.807) is 45.0 Å². The van der Waals surface area contributed by atoms with E-state index in [4.69, 9.17) is 4.74 Å². The molecule has 0 unspecified atom stereocenters. The normalized spacial score (nSPS) is 10.7. The van der Waals surface area contributed by atoms with Crippen molar-refractivity contribution in [2.24, 2.45) is 0 Å². The van der Waals surface area contributed by atoms with Crippen molar-refractivity contribution < 1.29 is 19.1 Å². The number of carbonyl (C=O) groups excluding carboxylic acids is 3. The highest BCUT2D eigenvalue weighted by Gasteiger charge is 2.17. The fourth-order valence-electron chi connectivity index (χ4n) is 2.02. The second kappa shape index (κ2) is 8.80. The SMILES string of the molecule is CC(C)(C)OC(=O)NCC(=O)Nc1ccccc1NC(=O)c1ccc(=O)[nH]n1. The highest BCUT2D eigenvalue weighted by Crippen LogP contribution is 2.21. The fraction of sp³-hybridized carbons (Fsp3) is 0.278. The molecule has 2 aromatic rings. The van der Waals surface area contributed by atoms with Crippen LogP contribution in [0.5, 0.6) is 0 Å². The first-order valence-corrected chi connectivity index (χ1v) is 8.37. The molecule has 3 amide bonds. The molecular weight excluding hydrogens is 366 g/mol. The number of hydrogen-bond acceptors (Lipinski definition) is 6. The van der Waals surface area contributed by atoms with E-state index in [1.165, 1.54) is 12.1 Å². The molecule has 148 valence electrons. The predicted molar refractivity (Wildman–Crippen MR) is 102 cm³/mol. The summed E-state index contributed by atoms with van der Waals surface area (Å²) in [7, 11) is 0. The third-order valence-corrected chi connectivity index (χ3v) is 3.15. The van der Waals surface area contributed by atoms with Crippen molar-refractivity contribution in [3.05, 3.63) is 52.4 Å². The lowest BCUT2D eigenvalue weighted by Gasteiger charge is -2.19. The zero-order valence-electron chi connectivity index (χ0n) is 15.7. The molecule has 2 rings (SSSR count). The van der Waals surface area contributed by atoms with Gasteiger partial charge in [0.15, 0.2) is 0 Å². The van der Waals surface area contributed by atoms with Gasteiger partial charge in [0.1, 0.15) is 17.8 Å². The molecule has 0 aliphatic carbocycles. The maximum absolute atomic E-state index is 12.2. The molecule has 1 heterocycles. The number of hydrogen-bond donors (Lipinski definition) is 4. The van der Waals surface area contributed by atoms with Gasteiger partial charge in [-0.15, -0.1) is 0 Å². The van der Waals surface area contributed by atoms with Gasteiger partial charge in [0.2, 0.25) is 5.91 Å². The average Bonchev–Trinajstić information content (AvgIpc) is 2.61. The quantitative estimate of drug-likeness (QED) is 0.612. The van der Waals surface area contributed by atoms with Gasteiger partial charge in [-0.25, -0.2) is 9.89 Å². The van der Waals surface area contributed by atoms with Crippen molar-refractivity contribution in [3.8, 4) is 0 Å². The highest BCUT2D eigenvalue weighted by molar-refractivity contribution is 6.06. The van der Waals surface area contributed by atoms with E-state index in [9.17, 15) is 19.2 Å². The van der Waals surface area contributed by atoms with Crippen LogP contribution in [0.25, 0.3) is 0 Å². The Morgan fingerprint density at radius 3 is 2.25 bits per heavy atom. The molecule has 1 aromatic carbocycles. The van der Waals surface area contributed by atoms with Gasteiger partial charge in [-0.1, -0.05) is 12.1 Å². The Balaban J connectivity index is 1.98. The van der Waals surface area contributed by atoms with E-state index in [2.05, 4.69) is 26.1 Å². The summed E-state index contributed by atoms with van der Waals surface area (Å²) in [6, 6.07) is 8.97. The molecule has 0 bridgehead atoms. The van der Waals surface area contributed by atoms with Crippen molar-refractivity contribution in [3.63, 3.8) is 0 Å². The van der Waals surface area contributed by atoms with Gasteiger partial charge >= 0.3 is 6.09 Å². The predicted octanol–water partition coefficient (Wildman–Crippen LogP) is 1.49. The van der Waals surface area contributed by atoms with Gasteiger partial charge in [-0.05, 0) is 39.0 Å².